The number of thiazole rings is 1. The van der Waals surface area contributed by atoms with Gasteiger partial charge in [-0.2, -0.15) is 0 Å². The number of carbonyl (C=O) groups is 1. The Hall–Kier alpha value is -2.15. The summed E-state index contributed by atoms with van der Waals surface area (Å²) in [5.41, 5.74) is 3.47. The summed E-state index contributed by atoms with van der Waals surface area (Å²) in [6, 6.07) is 8.17. The van der Waals surface area contributed by atoms with Crippen molar-refractivity contribution in [1.29, 1.82) is 0 Å². The minimum absolute atomic E-state index is 0.182. The molecule has 0 unspecified atom stereocenters. The molecule has 128 valence electrons. The molecular formula is C17H13Cl2N3O2S. The molecule has 0 saturated carbocycles. The monoisotopic (exact) mass is 393 g/mol. The van der Waals surface area contributed by atoms with Crippen LogP contribution in [0.2, 0.25) is 10.0 Å². The lowest BCUT2D eigenvalue weighted by molar-refractivity contribution is 0.102. The number of benzene rings is 1. The Kier molecular flexibility index (Phi) is 5.22. The number of nitrogens with zero attached hydrogens (tertiary/aromatic N) is 2. The topological polar surface area (TPSA) is 64.0 Å². The summed E-state index contributed by atoms with van der Waals surface area (Å²) in [7, 11) is 0. The smallest absolute Gasteiger partial charge is 0.267 e. The van der Waals surface area contributed by atoms with Crippen molar-refractivity contribution in [2.75, 3.05) is 5.32 Å². The Balaban J connectivity index is 1.83. The van der Waals surface area contributed by atoms with Crippen LogP contribution in [0, 0.1) is 6.92 Å². The zero-order valence-electron chi connectivity index (χ0n) is 13.1. The van der Waals surface area contributed by atoms with Crippen molar-refractivity contribution < 1.29 is 4.79 Å². The van der Waals surface area contributed by atoms with E-state index in [1.165, 1.54) is 22.0 Å². The van der Waals surface area contributed by atoms with E-state index < -0.39 is 0 Å². The maximum absolute atomic E-state index is 12.3. The molecule has 0 aliphatic rings. The Morgan fingerprint density at radius 1 is 1.24 bits per heavy atom. The molecule has 1 aromatic carbocycles. The Labute approximate surface area is 157 Å². The van der Waals surface area contributed by atoms with Crippen molar-refractivity contribution in [3.05, 3.63) is 78.6 Å². The van der Waals surface area contributed by atoms with E-state index in [1.54, 1.807) is 42.9 Å². The van der Waals surface area contributed by atoms with Crippen LogP contribution in [0.4, 0.5) is 5.69 Å². The normalized spacial score (nSPS) is 10.7. The van der Waals surface area contributed by atoms with Gasteiger partial charge in [-0.05, 0) is 30.7 Å². The van der Waals surface area contributed by atoms with Crippen LogP contribution in [0.5, 0.6) is 0 Å². The molecule has 0 aliphatic heterocycles. The number of aromatic nitrogens is 2. The average Bonchev–Trinajstić information content (AvgIpc) is 3.00. The molecule has 0 radical (unpaired) electrons. The predicted octanol–water partition coefficient (Wildman–Crippen LogP) is 4.22. The van der Waals surface area contributed by atoms with E-state index in [0.29, 0.717) is 32.8 Å². The van der Waals surface area contributed by atoms with Crippen LogP contribution >= 0.6 is 34.5 Å². The third kappa shape index (κ3) is 4.10. The van der Waals surface area contributed by atoms with Crippen LogP contribution in [0.25, 0.3) is 0 Å². The average molecular weight is 394 g/mol. The number of amides is 1. The van der Waals surface area contributed by atoms with Crippen molar-refractivity contribution in [1.82, 2.24) is 9.55 Å². The highest BCUT2D eigenvalue weighted by Crippen LogP contribution is 2.23. The van der Waals surface area contributed by atoms with E-state index in [2.05, 4.69) is 10.3 Å². The summed E-state index contributed by atoms with van der Waals surface area (Å²) in [5.74, 6) is -0.250. The van der Waals surface area contributed by atoms with Gasteiger partial charge in [0.2, 0.25) is 0 Å². The second-order valence-corrected chi connectivity index (χ2v) is 7.02. The van der Waals surface area contributed by atoms with Gasteiger partial charge in [-0.1, -0.05) is 29.3 Å². The van der Waals surface area contributed by atoms with E-state index >= 15 is 0 Å². The van der Waals surface area contributed by atoms with E-state index in [1.807, 2.05) is 0 Å². The molecule has 1 amide bonds. The summed E-state index contributed by atoms with van der Waals surface area (Å²) < 4.78 is 1.49. The highest BCUT2D eigenvalue weighted by atomic mass is 35.5. The minimum atomic E-state index is -0.250. The summed E-state index contributed by atoms with van der Waals surface area (Å²) in [5, 5.41) is 3.67. The molecule has 25 heavy (non-hydrogen) atoms. The van der Waals surface area contributed by atoms with Crippen molar-refractivity contribution in [2.24, 2.45) is 0 Å². The standard InChI is InChI=1S/C17H13Cl2N3O2S/c1-10-16(25-9-20-10)17(24)21-12-3-5-15(23)22(8-12)7-11-2-4-13(18)14(19)6-11/h2-6,8-9H,7H2,1H3,(H,21,24). The van der Waals surface area contributed by atoms with Gasteiger partial charge in [0.15, 0.2) is 0 Å². The molecule has 0 spiro atoms. The first kappa shape index (κ1) is 17.7. The molecule has 8 heteroatoms. The third-order valence-electron chi connectivity index (χ3n) is 3.53. The van der Waals surface area contributed by atoms with Crippen LogP contribution in [0.15, 0.2) is 46.8 Å². The number of pyridine rings is 1. The number of halogens is 2. The maximum Gasteiger partial charge on any atom is 0.267 e. The zero-order chi connectivity index (χ0) is 18.0. The Morgan fingerprint density at radius 3 is 2.72 bits per heavy atom. The zero-order valence-corrected chi connectivity index (χ0v) is 15.5. The van der Waals surface area contributed by atoms with Gasteiger partial charge in [-0.25, -0.2) is 4.98 Å². The van der Waals surface area contributed by atoms with Crippen molar-refractivity contribution >= 4 is 46.1 Å². The predicted molar refractivity (Wildman–Crippen MR) is 101 cm³/mol. The first-order valence-corrected chi connectivity index (χ1v) is 8.93. The number of aryl methyl sites for hydroxylation is 1. The van der Waals surface area contributed by atoms with Gasteiger partial charge in [0, 0.05) is 12.3 Å². The van der Waals surface area contributed by atoms with Gasteiger partial charge >= 0.3 is 0 Å². The number of rotatable bonds is 4. The lowest BCUT2D eigenvalue weighted by Crippen LogP contribution is -2.21. The highest BCUT2D eigenvalue weighted by Gasteiger charge is 2.12. The third-order valence-corrected chi connectivity index (χ3v) is 5.20. The summed E-state index contributed by atoms with van der Waals surface area (Å²) >= 11 is 13.2. The van der Waals surface area contributed by atoms with Gasteiger partial charge in [0.05, 0.1) is 33.5 Å². The van der Waals surface area contributed by atoms with E-state index in [0.717, 1.165) is 5.56 Å². The largest absolute Gasteiger partial charge is 0.320 e. The maximum atomic E-state index is 12.3. The fourth-order valence-corrected chi connectivity index (χ4v) is 3.29. The lowest BCUT2D eigenvalue weighted by atomic mass is 10.2. The molecule has 0 saturated heterocycles. The van der Waals surface area contributed by atoms with Gasteiger partial charge in [-0.15, -0.1) is 11.3 Å². The first-order valence-electron chi connectivity index (χ1n) is 7.30. The van der Waals surface area contributed by atoms with Crippen LogP contribution in [0.1, 0.15) is 20.9 Å². The van der Waals surface area contributed by atoms with Crippen molar-refractivity contribution in [3.8, 4) is 0 Å². The highest BCUT2D eigenvalue weighted by molar-refractivity contribution is 7.12. The summed E-state index contributed by atoms with van der Waals surface area (Å²) in [4.78, 5) is 29.0. The molecule has 1 N–H and O–H groups in total. The SMILES string of the molecule is Cc1ncsc1C(=O)Nc1ccc(=O)n(Cc2ccc(Cl)c(Cl)c2)c1. The quantitative estimate of drug-likeness (QED) is 0.721. The molecule has 2 aromatic heterocycles. The van der Waals surface area contributed by atoms with Gasteiger partial charge in [-0.3, -0.25) is 9.59 Å². The molecule has 3 aromatic rings. The number of hydrogen-bond acceptors (Lipinski definition) is 4. The second-order valence-electron chi connectivity index (χ2n) is 5.35. The molecule has 0 atom stereocenters. The first-order chi connectivity index (χ1) is 11.9. The lowest BCUT2D eigenvalue weighted by Gasteiger charge is -2.10. The van der Waals surface area contributed by atoms with E-state index in [9.17, 15) is 9.59 Å². The molecule has 3 rings (SSSR count). The molecular weight excluding hydrogens is 381 g/mol. The van der Waals surface area contributed by atoms with Gasteiger partial charge in [0.25, 0.3) is 11.5 Å². The van der Waals surface area contributed by atoms with Gasteiger partial charge in [0.1, 0.15) is 4.88 Å². The Morgan fingerprint density at radius 2 is 2.04 bits per heavy atom. The number of nitrogens with one attached hydrogen (secondary N) is 1. The van der Waals surface area contributed by atoms with Crippen LogP contribution in [0.3, 0.4) is 0 Å². The molecule has 0 bridgehead atoms. The van der Waals surface area contributed by atoms with Crippen molar-refractivity contribution in [2.45, 2.75) is 13.5 Å². The van der Waals surface area contributed by atoms with E-state index in [4.69, 9.17) is 23.2 Å². The number of hydrogen-bond donors (Lipinski definition) is 1. The molecule has 5 nitrogen and oxygen atoms in total. The van der Waals surface area contributed by atoms with Crippen molar-refractivity contribution in [3.63, 3.8) is 0 Å². The van der Waals surface area contributed by atoms with Crippen LogP contribution in [-0.2, 0) is 6.54 Å². The summed E-state index contributed by atoms with van der Waals surface area (Å²) in [6.45, 7) is 2.09. The second kappa shape index (κ2) is 7.39. The molecule has 0 aliphatic carbocycles. The van der Waals surface area contributed by atoms with E-state index in [-0.39, 0.29) is 11.5 Å². The minimum Gasteiger partial charge on any atom is -0.320 e. The van der Waals surface area contributed by atoms with Gasteiger partial charge < -0.3 is 9.88 Å². The number of anilines is 1. The fourth-order valence-electron chi connectivity index (χ4n) is 2.27. The number of carbonyl (C=O) groups excluding carboxylic acids is 1. The molecule has 2 heterocycles. The van der Waals surface area contributed by atoms with Crippen LogP contribution in [-0.4, -0.2) is 15.5 Å². The summed E-state index contributed by atoms with van der Waals surface area (Å²) in [6.07, 6.45) is 1.60. The van der Waals surface area contributed by atoms with Crippen LogP contribution < -0.4 is 10.9 Å². The Bertz CT molecular complexity index is 998. The molecule has 0 fully saturated rings. The fraction of sp³-hybridized carbons (Fsp3) is 0.118.